The minimum Gasteiger partial charge on any atom is -0.457 e. The molecular formula is C49H92O14. The Kier molecular flexibility index (Phi) is 34.7. The molecule has 2 rings (SSSR count). The third kappa shape index (κ3) is 26.0. The molecule has 2 aliphatic heterocycles. The molecule has 0 radical (unpaired) electrons. The second kappa shape index (κ2) is 37.8. The Labute approximate surface area is 380 Å². The SMILES string of the molecule is CCCCCCCCC/C=C\CCCCCCCC(=O)OC(COCCCCCCCCCCCCCCC)COC1OC(COC2OC(CO)C(O)C(O)C2O)C(O)C(O)C1O. The molecule has 11 atom stereocenters. The van der Waals surface area contributed by atoms with E-state index in [9.17, 15) is 40.5 Å². The van der Waals surface area contributed by atoms with E-state index in [-0.39, 0.29) is 25.6 Å². The molecule has 14 heteroatoms. The lowest BCUT2D eigenvalue weighted by Gasteiger charge is -2.42. The van der Waals surface area contributed by atoms with Gasteiger partial charge < -0.3 is 64.2 Å². The molecule has 2 fully saturated rings. The molecule has 7 N–H and O–H groups in total. The Morgan fingerprint density at radius 3 is 1.44 bits per heavy atom. The summed E-state index contributed by atoms with van der Waals surface area (Å²) in [6.45, 7) is 3.69. The Bertz CT molecular complexity index is 1100. The molecule has 0 aliphatic carbocycles. The molecule has 0 amide bonds. The van der Waals surface area contributed by atoms with E-state index in [1.807, 2.05) is 0 Å². The third-order valence-corrected chi connectivity index (χ3v) is 12.3. The van der Waals surface area contributed by atoms with Crippen molar-refractivity contribution in [3.05, 3.63) is 12.2 Å². The number of hydrogen-bond acceptors (Lipinski definition) is 14. The molecule has 11 unspecified atom stereocenters. The highest BCUT2D eigenvalue weighted by Crippen LogP contribution is 2.26. The van der Waals surface area contributed by atoms with Gasteiger partial charge in [-0.25, -0.2) is 0 Å². The summed E-state index contributed by atoms with van der Waals surface area (Å²) >= 11 is 0. The molecule has 2 aliphatic rings. The van der Waals surface area contributed by atoms with E-state index < -0.39 is 80.7 Å². The minimum atomic E-state index is -1.70. The average molecular weight is 905 g/mol. The molecule has 0 bridgehead atoms. The zero-order chi connectivity index (χ0) is 45.9. The van der Waals surface area contributed by atoms with E-state index in [2.05, 4.69) is 26.0 Å². The largest absolute Gasteiger partial charge is 0.457 e. The van der Waals surface area contributed by atoms with Crippen LogP contribution in [0.25, 0.3) is 0 Å². The summed E-state index contributed by atoms with van der Waals surface area (Å²) < 4.78 is 34.2. The molecule has 0 saturated carbocycles. The van der Waals surface area contributed by atoms with Gasteiger partial charge in [-0.3, -0.25) is 4.79 Å². The van der Waals surface area contributed by atoms with Crippen molar-refractivity contribution >= 4 is 5.97 Å². The first-order chi connectivity index (χ1) is 30.6. The standard InChI is InChI=1S/C49H92O14/c1-3-5-7-9-11-13-15-17-18-19-20-22-24-26-28-30-32-41(51)61-38(35-58-33-31-29-27-25-23-21-16-14-12-10-8-6-4-2)36-59-48-47(57)45(55)43(53)40(63-48)37-60-49-46(56)44(54)42(52)39(34-50)62-49/h18-19,38-40,42-50,52-57H,3-17,20-37H2,1-2H3/b19-18-. The lowest BCUT2D eigenvalue weighted by Crippen LogP contribution is -2.61. The van der Waals surface area contributed by atoms with E-state index in [1.165, 1.54) is 109 Å². The summed E-state index contributed by atoms with van der Waals surface area (Å²) in [5, 5.41) is 72.0. The average Bonchev–Trinajstić information content (AvgIpc) is 3.28. The van der Waals surface area contributed by atoms with Crippen LogP contribution >= 0.6 is 0 Å². The van der Waals surface area contributed by atoms with Gasteiger partial charge in [0.2, 0.25) is 0 Å². The number of rotatable bonds is 40. The van der Waals surface area contributed by atoms with Gasteiger partial charge in [0.25, 0.3) is 0 Å². The molecule has 0 aromatic carbocycles. The molecule has 0 spiro atoms. The fourth-order valence-corrected chi connectivity index (χ4v) is 8.10. The number of unbranched alkanes of at least 4 members (excludes halogenated alkanes) is 24. The zero-order valence-electron chi connectivity index (χ0n) is 39.3. The van der Waals surface area contributed by atoms with Crippen molar-refractivity contribution in [2.45, 2.75) is 261 Å². The van der Waals surface area contributed by atoms with E-state index in [0.29, 0.717) is 13.0 Å². The van der Waals surface area contributed by atoms with Gasteiger partial charge in [-0.15, -0.1) is 0 Å². The van der Waals surface area contributed by atoms with Crippen LogP contribution in [0.5, 0.6) is 0 Å². The van der Waals surface area contributed by atoms with Crippen molar-refractivity contribution in [2.24, 2.45) is 0 Å². The predicted octanol–water partition coefficient (Wildman–Crippen LogP) is 7.07. The fourth-order valence-electron chi connectivity index (χ4n) is 8.10. The summed E-state index contributed by atoms with van der Waals surface area (Å²) in [6, 6.07) is 0. The van der Waals surface area contributed by atoms with Crippen LogP contribution in [0.1, 0.15) is 194 Å². The van der Waals surface area contributed by atoms with Crippen LogP contribution in [-0.4, -0.2) is 142 Å². The van der Waals surface area contributed by atoms with Crippen molar-refractivity contribution in [3.8, 4) is 0 Å². The number of hydrogen-bond donors (Lipinski definition) is 7. The normalized spacial score (nSPS) is 27.0. The van der Waals surface area contributed by atoms with Gasteiger partial charge in [0, 0.05) is 13.0 Å². The Morgan fingerprint density at radius 2 is 0.937 bits per heavy atom. The lowest BCUT2D eigenvalue weighted by atomic mass is 9.98. The Hall–Kier alpha value is -1.27. The molecule has 0 aromatic heterocycles. The van der Waals surface area contributed by atoms with Gasteiger partial charge in [0.15, 0.2) is 12.6 Å². The zero-order valence-corrected chi connectivity index (χ0v) is 39.3. The topological polar surface area (TPSA) is 214 Å². The first-order valence-electron chi connectivity index (χ1n) is 25.3. The summed E-state index contributed by atoms with van der Waals surface area (Å²) in [4.78, 5) is 13.0. The van der Waals surface area contributed by atoms with Crippen molar-refractivity contribution in [3.63, 3.8) is 0 Å². The molecule has 14 nitrogen and oxygen atoms in total. The number of aliphatic hydroxyl groups is 7. The monoisotopic (exact) mass is 905 g/mol. The Balaban J connectivity index is 1.78. The number of allylic oxidation sites excluding steroid dienone is 2. The number of ether oxygens (including phenoxy) is 6. The molecular weight excluding hydrogens is 813 g/mol. The van der Waals surface area contributed by atoms with Crippen molar-refractivity contribution in [1.82, 2.24) is 0 Å². The number of esters is 1. The maximum Gasteiger partial charge on any atom is 0.306 e. The maximum absolute atomic E-state index is 13.0. The van der Waals surface area contributed by atoms with E-state index in [0.717, 1.165) is 57.8 Å². The summed E-state index contributed by atoms with van der Waals surface area (Å²) in [7, 11) is 0. The highest BCUT2D eigenvalue weighted by atomic mass is 16.7. The quantitative estimate of drug-likeness (QED) is 0.0186. The van der Waals surface area contributed by atoms with Crippen LogP contribution < -0.4 is 0 Å². The summed E-state index contributed by atoms with van der Waals surface area (Å²) in [5.74, 6) is -0.382. The molecule has 2 heterocycles. The molecule has 2 saturated heterocycles. The van der Waals surface area contributed by atoms with Gasteiger partial charge in [0.1, 0.15) is 54.9 Å². The van der Waals surface area contributed by atoms with Crippen LogP contribution in [0, 0.1) is 0 Å². The second-order valence-corrected chi connectivity index (χ2v) is 18.0. The number of aliphatic hydroxyl groups excluding tert-OH is 7. The van der Waals surface area contributed by atoms with Crippen molar-refractivity contribution in [2.75, 3.05) is 33.0 Å². The van der Waals surface area contributed by atoms with Gasteiger partial charge in [-0.2, -0.15) is 0 Å². The van der Waals surface area contributed by atoms with E-state index in [1.54, 1.807) is 0 Å². The van der Waals surface area contributed by atoms with E-state index >= 15 is 0 Å². The van der Waals surface area contributed by atoms with Crippen LogP contribution in [0.4, 0.5) is 0 Å². The number of carbonyl (C=O) groups is 1. The van der Waals surface area contributed by atoms with Crippen LogP contribution in [0.3, 0.4) is 0 Å². The second-order valence-electron chi connectivity index (χ2n) is 18.0. The highest BCUT2D eigenvalue weighted by Gasteiger charge is 2.47. The maximum atomic E-state index is 13.0. The van der Waals surface area contributed by atoms with Gasteiger partial charge in [-0.05, 0) is 38.5 Å². The van der Waals surface area contributed by atoms with Gasteiger partial charge >= 0.3 is 5.97 Å². The Morgan fingerprint density at radius 1 is 0.508 bits per heavy atom. The number of carbonyl (C=O) groups excluding carboxylic acids is 1. The van der Waals surface area contributed by atoms with E-state index in [4.69, 9.17) is 28.4 Å². The molecule has 0 aromatic rings. The first kappa shape index (κ1) is 57.9. The smallest absolute Gasteiger partial charge is 0.306 e. The highest BCUT2D eigenvalue weighted by molar-refractivity contribution is 5.69. The summed E-state index contributed by atoms with van der Waals surface area (Å²) in [5.41, 5.74) is 0. The minimum absolute atomic E-state index is 0.0636. The van der Waals surface area contributed by atoms with Crippen molar-refractivity contribution < 1.29 is 69.0 Å². The lowest BCUT2D eigenvalue weighted by molar-refractivity contribution is -0.332. The van der Waals surface area contributed by atoms with Gasteiger partial charge in [0.05, 0.1) is 26.4 Å². The predicted molar refractivity (Wildman–Crippen MR) is 243 cm³/mol. The first-order valence-corrected chi connectivity index (χ1v) is 25.3. The van der Waals surface area contributed by atoms with Crippen LogP contribution in [0.2, 0.25) is 0 Å². The third-order valence-electron chi connectivity index (χ3n) is 12.3. The van der Waals surface area contributed by atoms with Crippen LogP contribution in [0.15, 0.2) is 12.2 Å². The van der Waals surface area contributed by atoms with Crippen molar-refractivity contribution in [1.29, 1.82) is 0 Å². The molecule has 63 heavy (non-hydrogen) atoms. The molecule has 372 valence electrons. The van der Waals surface area contributed by atoms with Crippen LogP contribution in [-0.2, 0) is 33.2 Å². The summed E-state index contributed by atoms with van der Waals surface area (Å²) in [6.07, 6.45) is 21.3. The fraction of sp³-hybridized carbons (Fsp3) is 0.939. The van der Waals surface area contributed by atoms with Gasteiger partial charge in [-0.1, -0.05) is 161 Å².